The Labute approximate surface area is 139 Å². The maximum atomic E-state index is 12.4. The normalized spacial score (nSPS) is 17.0. The van der Waals surface area contributed by atoms with Crippen LogP contribution in [0.15, 0.2) is 12.3 Å². The number of carbonyl (C=O) groups excluding carboxylic acids is 1. The lowest BCUT2D eigenvalue weighted by Gasteiger charge is -2.37. The summed E-state index contributed by atoms with van der Waals surface area (Å²) in [5.74, 6) is 0.672. The van der Waals surface area contributed by atoms with E-state index in [1.807, 2.05) is 0 Å². The highest BCUT2D eigenvalue weighted by Crippen LogP contribution is 2.22. The summed E-state index contributed by atoms with van der Waals surface area (Å²) in [6.45, 7) is 1.66. The van der Waals surface area contributed by atoms with Gasteiger partial charge < -0.3 is 4.90 Å². The zero-order valence-electron chi connectivity index (χ0n) is 14.0. The van der Waals surface area contributed by atoms with Gasteiger partial charge in [0.15, 0.2) is 0 Å². The lowest BCUT2D eigenvalue weighted by atomic mass is 10.0. The van der Waals surface area contributed by atoms with Gasteiger partial charge in [0.2, 0.25) is 5.91 Å². The summed E-state index contributed by atoms with van der Waals surface area (Å²) in [5, 5.41) is 0. The van der Waals surface area contributed by atoms with Gasteiger partial charge in [-0.2, -0.15) is 13.2 Å². The van der Waals surface area contributed by atoms with E-state index >= 15 is 0 Å². The van der Waals surface area contributed by atoms with E-state index in [0.717, 1.165) is 5.69 Å². The Morgan fingerprint density at radius 1 is 1.38 bits per heavy atom. The van der Waals surface area contributed by atoms with Crippen LogP contribution in [-0.2, 0) is 11.2 Å². The minimum Gasteiger partial charge on any atom is -0.343 e. The minimum atomic E-state index is -4.16. The van der Waals surface area contributed by atoms with Gasteiger partial charge in [-0.3, -0.25) is 9.69 Å². The summed E-state index contributed by atoms with van der Waals surface area (Å²) in [7, 11) is 1.73. The second-order valence-corrected chi connectivity index (χ2v) is 6.22. The molecular weight excluding hydrogens is 321 g/mol. The summed E-state index contributed by atoms with van der Waals surface area (Å²) in [6.07, 6.45) is -0.461. The largest absolute Gasteiger partial charge is 0.401 e. The highest BCUT2D eigenvalue weighted by atomic mass is 19.4. The molecule has 134 valence electrons. The Kier molecular flexibility index (Phi) is 6.15. The average molecular weight is 344 g/mol. The van der Waals surface area contributed by atoms with Crippen LogP contribution in [0.3, 0.4) is 0 Å². The molecule has 0 unspecified atom stereocenters. The molecule has 0 bridgehead atoms. The fourth-order valence-corrected chi connectivity index (χ4v) is 2.98. The fourth-order valence-electron chi connectivity index (χ4n) is 2.98. The second kappa shape index (κ2) is 7.92. The Balaban J connectivity index is 1.77. The molecule has 1 amide bonds. The molecule has 1 fully saturated rings. The van der Waals surface area contributed by atoms with Gasteiger partial charge >= 0.3 is 6.18 Å². The van der Waals surface area contributed by atoms with Crippen molar-refractivity contribution in [2.24, 2.45) is 0 Å². The second-order valence-electron chi connectivity index (χ2n) is 6.22. The molecule has 2 rings (SSSR count). The third-order valence-electron chi connectivity index (χ3n) is 4.33. The molecule has 2 heterocycles. The van der Waals surface area contributed by atoms with Crippen LogP contribution in [0.2, 0.25) is 0 Å². The Morgan fingerprint density at radius 3 is 2.62 bits per heavy atom. The maximum Gasteiger partial charge on any atom is 0.401 e. The van der Waals surface area contributed by atoms with Crippen LogP contribution in [0.1, 0.15) is 30.8 Å². The van der Waals surface area contributed by atoms with Gasteiger partial charge in [0.05, 0.1) is 6.54 Å². The number of rotatable bonds is 5. The van der Waals surface area contributed by atoms with Crippen molar-refractivity contribution in [2.45, 2.75) is 44.8 Å². The molecular formula is C16H23F3N4O. The number of hydrogen-bond donors (Lipinski definition) is 0. The smallest absolute Gasteiger partial charge is 0.343 e. The SMILES string of the molecule is Cc1nccc(CCC(=O)N(C)C2CCN(CC(F)(F)F)CC2)n1. The van der Waals surface area contributed by atoms with Crippen LogP contribution < -0.4 is 0 Å². The first kappa shape index (κ1) is 18.6. The molecule has 0 aromatic carbocycles. The molecule has 1 saturated heterocycles. The van der Waals surface area contributed by atoms with E-state index < -0.39 is 12.7 Å². The van der Waals surface area contributed by atoms with Crippen LogP contribution in [-0.4, -0.2) is 64.6 Å². The Morgan fingerprint density at radius 2 is 2.04 bits per heavy atom. The van der Waals surface area contributed by atoms with Gasteiger partial charge in [-0.25, -0.2) is 9.97 Å². The number of nitrogens with zero attached hydrogens (tertiary/aromatic N) is 4. The number of carbonyl (C=O) groups is 1. The number of aromatic nitrogens is 2. The summed E-state index contributed by atoms with van der Waals surface area (Å²) in [6, 6.07) is 1.80. The molecule has 1 aromatic rings. The van der Waals surface area contributed by atoms with Crippen molar-refractivity contribution in [3.63, 3.8) is 0 Å². The average Bonchev–Trinajstić information content (AvgIpc) is 2.51. The highest BCUT2D eigenvalue weighted by Gasteiger charge is 2.33. The zero-order valence-corrected chi connectivity index (χ0v) is 14.0. The van der Waals surface area contributed by atoms with Crippen LogP contribution in [0.4, 0.5) is 13.2 Å². The van der Waals surface area contributed by atoms with Crippen LogP contribution in [0.5, 0.6) is 0 Å². The van der Waals surface area contributed by atoms with Crippen molar-refractivity contribution in [3.8, 4) is 0 Å². The van der Waals surface area contributed by atoms with E-state index in [4.69, 9.17) is 0 Å². The molecule has 0 atom stereocenters. The first-order valence-electron chi connectivity index (χ1n) is 8.08. The predicted molar refractivity (Wildman–Crippen MR) is 83.4 cm³/mol. The molecule has 1 aliphatic heterocycles. The molecule has 0 aliphatic carbocycles. The monoisotopic (exact) mass is 344 g/mol. The van der Waals surface area contributed by atoms with Gasteiger partial charge in [0, 0.05) is 44.5 Å². The predicted octanol–water partition coefficient (Wildman–Crippen LogP) is 2.20. The Bertz CT molecular complexity index is 556. The van der Waals surface area contributed by atoms with Gasteiger partial charge in [0.25, 0.3) is 0 Å². The minimum absolute atomic E-state index is 0.000497. The zero-order chi connectivity index (χ0) is 17.7. The van der Waals surface area contributed by atoms with E-state index in [1.54, 1.807) is 31.1 Å². The van der Waals surface area contributed by atoms with E-state index in [9.17, 15) is 18.0 Å². The molecule has 1 aliphatic rings. The fraction of sp³-hybridized carbons (Fsp3) is 0.688. The van der Waals surface area contributed by atoms with Crippen molar-refractivity contribution in [1.82, 2.24) is 19.8 Å². The summed E-state index contributed by atoms with van der Waals surface area (Å²) in [4.78, 5) is 23.7. The molecule has 0 N–H and O–H groups in total. The van der Waals surface area contributed by atoms with Crippen LogP contribution >= 0.6 is 0 Å². The number of alkyl halides is 3. The standard InChI is InChI=1S/C16H23F3N4O/c1-12-20-8-5-13(21-12)3-4-15(24)22(2)14-6-9-23(10-7-14)11-16(17,18)19/h5,8,14H,3-4,6-7,9-11H2,1-2H3. The van der Waals surface area contributed by atoms with Crippen molar-refractivity contribution < 1.29 is 18.0 Å². The quantitative estimate of drug-likeness (QED) is 0.822. The van der Waals surface area contributed by atoms with Gasteiger partial charge in [-0.1, -0.05) is 0 Å². The topological polar surface area (TPSA) is 49.3 Å². The molecule has 8 heteroatoms. The number of aryl methyl sites for hydroxylation is 2. The Hall–Kier alpha value is -1.70. The van der Waals surface area contributed by atoms with Crippen molar-refractivity contribution in [1.29, 1.82) is 0 Å². The molecule has 24 heavy (non-hydrogen) atoms. The number of likely N-dealkylation sites (tertiary alicyclic amines) is 1. The number of hydrogen-bond acceptors (Lipinski definition) is 4. The van der Waals surface area contributed by atoms with Crippen molar-refractivity contribution in [3.05, 3.63) is 23.8 Å². The number of halogens is 3. The molecule has 0 radical (unpaired) electrons. The lowest BCUT2D eigenvalue weighted by Crippen LogP contribution is -2.47. The first-order chi connectivity index (χ1) is 11.2. The third kappa shape index (κ3) is 5.74. The van der Waals surface area contributed by atoms with Gasteiger partial charge in [-0.05, 0) is 32.3 Å². The van der Waals surface area contributed by atoms with E-state index in [1.165, 1.54) is 4.90 Å². The molecule has 0 saturated carbocycles. The summed E-state index contributed by atoms with van der Waals surface area (Å²) < 4.78 is 37.2. The third-order valence-corrected chi connectivity index (χ3v) is 4.33. The molecule has 1 aromatic heterocycles. The van der Waals surface area contributed by atoms with Gasteiger partial charge in [0.1, 0.15) is 5.82 Å². The van der Waals surface area contributed by atoms with E-state index in [0.29, 0.717) is 44.6 Å². The van der Waals surface area contributed by atoms with E-state index in [-0.39, 0.29) is 11.9 Å². The lowest BCUT2D eigenvalue weighted by molar-refractivity contribution is -0.150. The summed E-state index contributed by atoms with van der Waals surface area (Å²) in [5.41, 5.74) is 0.823. The molecule has 5 nitrogen and oxygen atoms in total. The maximum absolute atomic E-state index is 12.4. The highest BCUT2D eigenvalue weighted by molar-refractivity contribution is 5.76. The van der Waals surface area contributed by atoms with Crippen LogP contribution in [0.25, 0.3) is 0 Å². The number of piperidine rings is 1. The van der Waals surface area contributed by atoms with E-state index in [2.05, 4.69) is 9.97 Å². The summed E-state index contributed by atoms with van der Waals surface area (Å²) >= 11 is 0. The van der Waals surface area contributed by atoms with Gasteiger partial charge in [-0.15, -0.1) is 0 Å². The molecule has 0 spiro atoms. The first-order valence-corrected chi connectivity index (χ1v) is 8.08. The van der Waals surface area contributed by atoms with Crippen molar-refractivity contribution >= 4 is 5.91 Å². The number of amides is 1. The van der Waals surface area contributed by atoms with Crippen molar-refractivity contribution in [2.75, 3.05) is 26.7 Å². The van der Waals surface area contributed by atoms with Crippen LogP contribution in [0, 0.1) is 6.92 Å².